The third kappa shape index (κ3) is 4.35. The summed E-state index contributed by atoms with van der Waals surface area (Å²) in [4.78, 5) is 17.5. The van der Waals surface area contributed by atoms with Crippen LogP contribution in [0.3, 0.4) is 0 Å². The zero-order valence-electron chi connectivity index (χ0n) is 18.2. The van der Waals surface area contributed by atoms with Gasteiger partial charge in [0, 0.05) is 25.3 Å². The first-order valence-electron chi connectivity index (χ1n) is 10.9. The van der Waals surface area contributed by atoms with E-state index in [1.807, 2.05) is 4.90 Å². The molecule has 4 rings (SSSR count). The van der Waals surface area contributed by atoms with Gasteiger partial charge in [0.05, 0.1) is 23.0 Å². The molecule has 0 saturated carbocycles. The van der Waals surface area contributed by atoms with Gasteiger partial charge < -0.3 is 4.90 Å². The molecule has 2 atom stereocenters. The molecule has 0 radical (unpaired) electrons. The molecule has 0 aliphatic carbocycles. The van der Waals surface area contributed by atoms with E-state index in [0.717, 1.165) is 19.2 Å². The number of alkyl halides is 3. The Kier molecular flexibility index (Phi) is 5.85. The van der Waals surface area contributed by atoms with Crippen molar-refractivity contribution in [1.29, 1.82) is 0 Å². The third-order valence-electron chi connectivity index (χ3n) is 6.65. The molecule has 3 heterocycles. The number of piperidine rings is 1. The normalized spacial score (nSPS) is 25.2. The van der Waals surface area contributed by atoms with E-state index in [9.17, 15) is 18.0 Å². The fraction of sp³-hybridized carbons (Fsp3) is 0.565. The van der Waals surface area contributed by atoms with Crippen LogP contribution < -0.4 is 0 Å². The van der Waals surface area contributed by atoms with Crippen LogP contribution >= 0.6 is 0 Å². The summed E-state index contributed by atoms with van der Waals surface area (Å²) in [5.74, 6) is 0.618. The average Bonchev–Trinajstić information content (AvgIpc) is 3.38. The van der Waals surface area contributed by atoms with Crippen molar-refractivity contribution < 1.29 is 18.0 Å². The lowest BCUT2D eigenvalue weighted by atomic mass is 9.84. The second kappa shape index (κ2) is 8.30. The zero-order chi connectivity index (χ0) is 22.3. The van der Waals surface area contributed by atoms with Gasteiger partial charge in [-0.05, 0) is 62.4 Å². The van der Waals surface area contributed by atoms with Crippen LogP contribution in [0, 0.1) is 18.8 Å². The van der Waals surface area contributed by atoms with Crippen LogP contribution in [0.5, 0.6) is 0 Å². The Morgan fingerprint density at radius 3 is 2.35 bits per heavy atom. The molecule has 31 heavy (non-hydrogen) atoms. The van der Waals surface area contributed by atoms with Crippen LogP contribution in [-0.2, 0) is 6.18 Å². The molecule has 2 saturated heterocycles. The highest BCUT2D eigenvalue weighted by Crippen LogP contribution is 2.33. The van der Waals surface area contributed by atoms with E-state index in [2.05, 4.69) is 23.8 Å². The van der Waals surface area contributed by atoms with Gasteiger partial charge in [-0.2, -0.15) is 18.3 Å². The molecule has 2 unspecified atom stereocenters. The molecule has 168 valence electrons. The summed E-state index contributed by atoms with van der Waals surface area (Å²) >= 11 is 0. The molecule has 2 aromatic rings. The average molecular weight is 435 g/mol. The number of carbonyl (C=O) groups excluding carboxylic acids is 1. The highest BCUT2D eigenvalue weighted by molar-refractivity contribution is 5.94. The molecule has 0 spiro atoms. The number of carbonyl (C=O) groups is 1. The molecule has 0 N–H and O–H groups in total. The van der Waals surface area contributed by atoms with Crippen molar-refractivity contribution in [2.75, 3.05) is 26.2 Å². The number of hydrogen-bond acceptors (Lipinski definition) is 3. The highest BCUT2D eigenvalue weighted by atomic mass is 19.4. The van der Waals surface area contributed by atoms with E-state index in [4.69, 9.17) is 0 Å². The summed E-state index contributed by atoms with van der Waals surface area (Å²) in [5.41, 5.74) is 0.142. The molecule has 8 heteroatoms. The van der Waals surface area contributed by atoms with Gasteiger partial charge in [0.1, 0.15) is 0 Å². The number of benzene rings is 1. The van der Waals surface area contributed by atoms with Gasteiger partial charge in [0.25, 0.3) is 5.91 Å². The molecule has 2 fully saturated rings. The van der Waals surface area contributed by atoms with Crippen molar-refractivity contribution in [2.24, 2.45) is 11.8 Å². The predicted molar refractivity (Wildman–Crippen MR) is 112 cm³/mol. The number of amides is 1. The number of aryl methyl sites for hydroxylation is 1. The number of hydrogen-bond donors (Lipinski definition) is 0. The van der Waals surface area contributed by atoms with Crippen LogP contribution in [0.2, 0.25) is 0 Å². The Hall–Kier alpha value is -2.35. The van der Waals surface area contributed by atoms with Crippen LogP contribution in [0.25, 0.3) is 5.69 Å². The topological polar surface area (TPSA) is 41.4 Å². The summed E-state index contributed by atoms with van der Waals surface area (Å²) in [7, 11) is 0. The predicted octanol–water partition coefficient (Wildman–Crippen LogP) is 4.39. The Labute approximate surface area is 180 Å². The Bertz CT molecular complexity index is 937. The van der Waals surface area contributed by atoms with Gasteiger partial charge in [-0.15, -0.1) is 0 Å². The van der Waals surface area contributed by atoms with E-state index >= 15 is 0 Å². The monoisotopic (exact) mass is 434 g/mol. The van der Waals surface area contributed by atoms with Gasteiger partial charge in [-0.1, -0.05) is 19.9 Å². The zero-order valence-corrected chi connectivity index (χ0v) is 18.2. The lowest BCUT2D eigenvalue weighted by molar-refractivity contribution is -0.138. The fourth-order valence-corrected chi connectivity index (χ4v) is 5.29. The molecule has 1 amide bonds. The Morgan fingerprint density at radius 1 is 1.10 bits per heavy atom. The number of aromatic nitrogens is 2. The van der Waals surface area contributed by atoms with E-state index in [0.29, 0.717) is 36.5 Å². The van der Waals surface area contributed by atoms with E-state index < -0.39 is 11.7 Å². The van der Waals surface area contributed by atoms with Gasteiger partial charge in [0.15, 0.2) is 0 Å². The van der Waals surface area contributed by atoms with Crippen molar-refractivity contribution in [1.82, 2.24) is 19.6 Å². The minimum Gasteiger partial charge on any atom is -0.338 e. The standard InChI is InChI=1S/C23H29F3N4O/c1-15-6-7-19(10-20(15)23(24,25)26)30-14-18(11-27-30)22(31)29-12-16(2)21(17(3)13-29)28-8-4-5-9-28/h6-7,10-11,14,16-17,21H,4-5,8-9,12-13H2,1-3H3. The van der Waals surface area contributed by atoms with E-state index in [1.165, 1.54) is 42.9 Å². The molecule has 1 aromatic carbocycles. The first-order chi connectivity index (χ1) is 14.6. The van der Waals surface area contributed by atoms with Crippen LogP contribution in [0.15, 0.2) is 30.6 Å². The highest BCUT2D eigenvalue weighted by Gasteiger charge is 2.38. The maximum Gasteiger partial charge on any atom is 0.416 e. The van der Waals surface area contributed by atoms with E-state index in [-0.39, 0.29) is 17.2 Å². The molecule has 0 bridgehead atoms. The van der Waals surface area contributed by atoms with Gasteiger partial charge in [0.2, 0.25) is 0 Å². The lowest BCUT2D eigenvalue weighted by Gasteiger charge is -2.45. The van der Waals surface area contributed by atoms with Crippen molar-refractivity contribution in [3.63, 3.8) is 0 Å². The van der Waals surface area contributed by atoms with Crippen molar-refractivity contribution >= 4 is 5.91 Å². The summed E-state index contributed by atoms with van der Waals surface area (Å²) in [6, 6.07) is 4.57. The smallest absolute Gasteiger partial charge is 0.338 e. The van der Waals surface area contributed by atoms with Gasteiger partial charge in [-0.25, -0.2) is 4.68 Å². The van der Waals surface area contributed by atoms with Gasteiger partial charge in [-0.3, -0.25) is 9.69 Å². The van der Waals surface area contributed by atoms with Crippen molar-refractivity contribution in [2.45, 2.75) is 45.8 Å². The lowest BCUT2D eigenvalue weighted by Crippen LogP contribution is -2.55. The van der Waals surface area contributed by atoms with E-state index in [1.54, 1.807) is 6.07 Å². The third-order valence-corrected chi connectivity index (χ3v) is 6.65. The molecular formula is C23H29F3N4O. The number of nitrogens with zero attached hydrogens (tertiary/aromatic N) is 4. The van der Waals surface area contributed by atoms with Crippen LogP contribution in [0.1, 0.15) is 48.2 Å². The Balaban J connectivity index is 1.50. The minimum absolute atomic E-state index is 0.118. The largest absolute Gasteiger partial charge is 0.416 e. The van der Waals surface area contributed by atoms with Gasteiger partial charge >= 0.3 is 6.18 Å². The van der Waals surface area contributed by atoms with Crippen LogP contribution in [0.4, 0.5) is 13.2 Å². The fourth-order valence-electron chi connectivity index (χ4n) is 5.29. The molecule has 5 nitrogen and oxygen atoms in total. The first-order valence-corrected chi connectivity index (χ1v) is 10.9. The summed E-state index contributed by atoms with van der Waals surface area (Å²) in [5, 5.41) is 4.16. The maximum absolute atomic E-state index is 13.2. The minimum atomic E-state index is -4.43. The van der Waals surface area contributed by atoms with Crippen molar-refractivity contribution in [3.05, 3.63) is 47.3 Å². The molecule has 2 aliphatic heterocycles. The number of likely N-dealkylation sites (tertiary alicyclic amines) is 2. The summed E-state index contributed by atoms with van der Waals surface area (Å²) < 4.78 is 41.1. The molecule has 2 aliphatic rings. The second-order valence-electron chi connectivity index (χ2n) is 9.07. The number of halogens is 3. The summed E-state index contributed by atoms with van der Waals surface area (Å²) in [6.07, 6.45) is 1.02. The Morgan fingerprint density at radius 2 is 1.74 bits per heavy atom. The molecule has 1 aromatic heterocycles. The van der Waals surface area contributed by atoms with Crippen molar-refractivity contribution in [3.8, 4) is 5.69 Å². The SMILES string of the molecule is Cc1ccc(-n2cc(C(=O)N3CC(C)C(N4CCCC4)C(C)C3)cn2)cc1C(F)(F)F. The molecular weight excluding hydrogens is 405 g/mol. The summed E-state index contributed by atoms with van der Waals surface area (Å²) in [6.45, 7) is 9.46. The maximum atomic E-state index is 13.2. The second-order valence-corrected chi connectivity index (χ2v) is 9.07. The number of rotatable bonds is 3. The quantitative estimate of drug-likeness (QED) is 0.720. The first kappa shape index (κ1) is 21.9. The van der Waals surface area contributed by atoms with Crippen LogP contribution in [-0.4, -0.2) is 57.7 Å².